The third-order valence-corrected chi connectivity index (χ3v) is 3.76. The SMILES string of the molecule is CCCCCCOc1cc(C(=O)Nc2ccccn2)cc(C(=O)OC)c1. The molecule has 0 saturated heterocycles. The van der Waals surface area contributed by atoms with Gasteiger partial charge in [-0.05, 0) is 36.8 Å². The van der Waals surface area contributed by atoms with Gasteiger partial charge >= 0.3 is 5.97 Å². The largest absolute Gasteiger partial charge is 0.494 e. The molecule has 6 nitrogen and oxygen atoms in total. The predicted molar refractivity (Wildman–Crippen MR) is 99.6 cm³/mol. The standard InChI is InChI=1S/C20H24N2O4/c1-3-4-5-8-11-26-17-13-15(12-16(14-17)20(24)25-2)19(23)22-18-9-6-7-10-21-18/h6-7,9-10,12-14H,3-5,8,11H2,1-2H3,(H,21,22,23). The zero-order chi connectivity index (χ0) is 18.8. The molecule has 1 amide bonds. The van der Waals surface area contributed by atoms with Crippen molar-refractivity contribution < 1.29 is 19.1 Å². The molecule has 0 aliphatic rings. The van der Waals surface area contributed by atoms with Crippen LogP contribution in [0.4, 0.5) is 5.82 Å². The van der Waals surface area contributed by atoms with Crippen molar-refractivity contribution >= 4 is 17.7 Å². The quantitative estimate of drug-likeness (QED) is 0.541. The van der Waals surface area contributed by atoms with Crippen molar-refractivity contribution in [3.63, 3.8) is 0 Å². The van der Waals surface area contributed by atoms with Crippen LogP contribution in [0.15, 0.2) is 42.6 Å². The maximum Gasteiger partial charge on any atom is 0.338 e. The number of aromatic nitrogens is 1. The summed E-state index contributed by atoms with van der Waals surface area (Å²) in [6, 6.07) is 9.91. The van der Waals surface area contributed by atoms with Gasteiger partial charge in [-0.2, -0.15) is 0 Å². The molecule has 0 aliphatic heterocycles. The van der Waals surface area contributed by atoms with Gasteiger partial charge in [-0.1, -0.05) is 32.3 Å². The summed E-state index contributed by atoms with van der Waals surface area (Å²) in [5.41, 5.74) is 0.576. The number of anilines is 1. The number of methoxy groups -OCH3 is 1. The fraction of sp³-hybridized carbons (Fsp3) is 0.350. The lowest BCUT2D eigenvalue weighted by molar-refractivity contribution is 0.0600. The third kappa shape index (κ3) is 5.88. The summed E-state index contributed by atoms with van der Waals surface area (Å²) in [5.74, 6) is 0.0113. The first kappa shape index (κ1) is 19.4. The Balaban J connectivity index is 2.14. The van der Waals surface area contributed by atoms with Crippen LogP contribution in [0.5, 0.6) is 5.75 Å². The van der Waals surface area contributed by atoms with E-state index in [1.54, 1.807) is 36.5 Å². The maximum absolute atomic E-state index is 12.5. The summed E-state index contributed by atoms with van der Waals surface area (Å²) in [4.78, 5) is 28.4. The molecular weight excluding hydrogens is 332 g/mol. The molecular formula is C20H24N2O4. The molecule has 0 unspecified atom stereocenters. The van der Waals surface area contributed by atoms with Crippen LogP contribution in [0.3, 0.4) is 0 Å². The van der Waals surface area contributed by atoms with E-state index >= 15 is 0 Å². The van der Waals surface area contributed by atoms with Gasteiger partial charge in [0.25, 0.3) is 5.91 Å². The van der Waals surface area contributed by atoms with Gasteiger partial charge in [-0.3, -0.25) is 4.79 Å². The van der Waals surface area contributed by atoms with Gasteiger partial charge in [0.2, 0.25) is 0 Å². The van der Waals surface area contributed by atoms with E-state index in [4.69, 9.17) is 9.47 Å². The Bertz CT molecular complexity index is 732. The molecule has 1 aromatic carbocycles. The summed E-state index contributed by atoms with van der Waals surface area (Å²) >= 11 is 0. The summed E-state index contributed by atoms with van der Waals surface area (Å²) < 4.78 is 10.5. The average molecular weight is 356 g/mol. The number of amides is 1. The zero-order valence-corrected chi connectivity index (χ0v) is 15.2. The van der Waals surface area contributed by atoms with Crippen LogP contribution in [-0.4, -0.2) is 30.6 Å². The van der Waals surface area contributed by atoms with Gasteiger partial charge in [0.05, 0.1) is 19.3 Å². The molecule has 0 atom stereocenters. The number of ether oxygens (including phenoxy) is 2. The highest BCUT2D eigenvalue weighted by molar-refractivity contribution is 6.05. The first-order valence-corrected chi connectivity index (χ1v) is 8.72. The lowest BCUT2D eigenvalue weighted by Crippen LogP contribution is -2.14. The fourth-order valence-electron chi connectivity index (χ4n) is 2.39. The van der Waals surface area contributed by atoms with Crippen LogP contribution in [0, 0.1) is 0 Å². The van der Waals surface area contributed by atoms with Crippen molar-refractivity contribution in [1.29, 1.82) is 0 Å². The Morgan fingerprint density at radius 1 is 1.08 bits per heavy atom. The molecule has 26 heavy (non-hydrogen) atoms. The molecule has 0 spiro atoms. The predicted octanol–water partition coefficient (Wildman–Crippen LogP) is 4.08. The Morgan fingerprint density at radius 2 is 1.88 bits per heavy atom. The second-order valence-electron chi connectivity index (χ2n) is 5.82. The van der Waals surface area contributed by atoms with Gasteiger partial charge in [-0.25, -0.2) is 9.78 Å². The first-order valence-electron chi connectivity index (χ1n) is 8.72. The number of carbonyl (C=O) groups is 2. The number of unbranched alkanes of at least 4 members (excludes halogenated alkanes) is 3. The van der Waals surface area contributed by atoms with Crippen molar-refractivity contribution in [3.05, 3.63) is 53.7 Å². The van der Waals surface area contributed by atoms with E-state index < -0.39 is 5.97 Å². The van der Waals surface area contributed by atoms with Gasteiger partial charge < -0.3 is 14.8 Å². The van der Waals surface area contributed by atoms with E-state index in [0.717, 1.165) is 25.7 Å². The highest BCUT2D eigenvalue weighted by atomic mass is 16.5. The number of carbonyl (C=O) groups excluding carboxylic acids is 2. The molecule has 138 valence electrons. The molecule has 0 saturated carbocycles. The highest BCUT2D eigenvalue weighted by Crippen LogP contribution is 2.20. The monoisotopic (exact) mass is 356 g/mol. The van der Waals surface area contributed by atoms with Gasteiger partial charge in [0, 0.05) is 11.8 Å². The van der Waals surface area contributed by atoms with Crippen molar-refractivity contribution in [2.45, 2.75) is 32.6 Å². The van der Waals surface area contributed by atoms with Gasteiger partial charge in [0.1, 0.15) is 11.6 Å². The minimum Gasteiger partial charge on any atom is -0.494 e. The molecule has 2 rings (SSSR count). The lowest BCUT2D eigenvalue weighted by atomic mass is 10.1. The second kappa shape index (κ2) is 10.2. The van der Waals surface area contributed by atoms with E-state index in [-0.39, 0.29) is 11.5 Å². The summed E-state index contributed by atoms with van der Waals surface area (Å²) in [5, 5.41) is 2.70. The minimum absolute atomic E-state index is 0.268. The first-order chi connectivity index (χ1) is 12.6. The molecule has 6 heteroatoms. The summed E-state index contributed by atoms with van der Waals surface area (Å²) in [6.07, 6.45) is 5.90. The van der Waals surface area contributed by atoms with E-state index in [1.807, 2.05) is 0 Å². The van der Waals surface area contributed by atoms with Crippen LogP contribution in [-0.2, 0) is 4.74 Å². The minimum atomic E-state index is -0.520. The number of hydrogen-bond acceptors (Lipinski definition) is 5. The molecule has 1 aromatic heterocycles. The van der Waals surface area contributed by atoms with E-state index in [0.29, 0.717) is 23.7 Å². The third-order valence-electron chi connectivity index (χ3n) is 3.76. The summed E-state index contributed by atoms with van der Waals surface area (Å²) in [6.45, 7) is 2.68. The number of hydrogen-bond donors (Lipinski definition) is 1. The molecule has 0 bridgehead atoms. The van der Waals surface area contributed by atoms with E-state index in [9.17, 15) is 9.59 Å². The van der Waals surface area contributed by atoms with Crippen molar-refractivity contribution in [2.75, 3.05) is 19.0 Å². The van der Waals surface area contributed by atoms with Crippen molar-refractivity contribution in [2.24, 2.45) is 0 Å². The van der Waals surface area contributed by atoms with Crippen LogP contribution in [0.2, 0.25) is 0 Å². The molecule has 1 N–H and O–H groups in total. The van der Waals surface area contributed by atoms with Gasteiger partial charge in [0.15, 0.2) is 0 Å². The van der Waals surface area contributed by atoms with E-state index in [2.05, 4.69) is 17.2 Å². The van der Waals surface area contributed by atoms with Crippen LogP contribution in [0.25, 0.3) is 0 Å². The Labute approximate surface area is 153 Å². The van der Waals surface area contributed by atoms with E-state index in [1.165, 1.54) is 13.2 Å². The van der Waals surface area contributed by atoms with Gasteiger partial charge in [-0.15, -0.1) is 0 Å². The second-order valence-corrected chi connectivity index (χ2v) is 5.82. The highest BCUT2D eigenvalue weighted by Gasteiger charge is 2.14. The van der Waals surface area contributed by atoms with Crippen LogP contribution < -0.4 is 10.1 Å². The zero-order valence-electron chi connectivity index (χ0n) is 15.2. The topological polar surface area (TPSA) is 77.5 Å². The normalized spacial score (nSPS) is 10.2. The molecule has 1 heterocycles. The molecule has 0 fully saturated rings. The Kier molecular flexibility index (Phi) is 7.61. The van der Waals surface area contributed by atoms with Crippen molar-refractivity contribution in [1.82, 2.24) is 4.98 Å². The number of nitrogens with zero attached hydrogens (tertiary/aromatic N) is 1. The van der Waals surface area contributed by atoms with Crippen LogP contribution >= 0.6 is 0 Å². The number of esters is 1. The number of rotatable bonds is 9. The molecule has 0 aliphatic carbocycles. The number of pyridine rings is 1. The molecule has 0 radical (unpaired) electrons. The summed E-state index contributed by atoms with van der Waals surface area (Å²) in [7, 11) is 1.30. The Hall–Kier alpha value is -2.89. The fourth-order valence-corrected chi connectivity index (χ4v) is 2.39. The Morgan fingerprint density at radius 3 is 2.58 bits per heavy atom. The van der Waals surface area contributed by atoms with Crippen molar-refractivity contribution in [3.8, 4) is 5.75 Å². The van der Waals surface area contributed by atoms with Crippen LogP contribution in [0.1, 0.15) is 53.3 Å². The number of benzene rings is 1. The maximum atomic E-state index is 12.5. The number of nitrogens with one attached hydrogen (secondary N) is 1. The average Bonchev–Trinajstić information content (AvgIpc) is 2.67. The lowest BCUT2D eigenvalue weighted by Gasteiger charge is -2.11. The molecule has 2 aromatic rings. The smallest absolute Gasteiger partial charge is 0.338 e.